The maximum atomic E-state index is 13.8. The smallest absolute Gasteiger partial charge is 0.338 e. The van der Waals surface area contributed by atoms with Crippen molar-refractivity contribution in [1.29, 1.82) is 0 Å². The van der Waals surface area contributed by atoms with Crippen molar-refractivity contribution in [2.75, 3.05) is 13.2 Å². The van der Waals surface area contributed by atoms with Crippen molar-refractivity contribution < 1.29 is 54.4 Å². The van der Waals surface area contributed by atoms with Gasteiger partial charge >= 0.3 is 11.9 Å². The molecule has 0 amide bonds. The van der Waals surface area contributed by atoms with Crippen LogP contribution in [0.2, 0.25) is 0 Å². The monoisotopic (exact) mass is 764 g/mol. The second-order valence-corrected chi connectivity index (χ2v) is 17.0. The maximum absolute atomic E-state index is 13.8. The molecule has 4 fully saturated rings. The van der Waals surface area contributed by atoms with Crippen LogP contribution < -0.4 is 0 Å². The van der Waals surface area contributed by atoms with Crippen molar-refractivity contribution in [3.05, 3.63) is 83.9 Å². The third-order valence-electron chi connectivity index (χ3n) is 13.8. The first kappa shape index (κ1) is 41.5. The Bertz CT molecular complexity index is 1670. The number of hydrogen-bond acceptors (Lipinski definition) is 11. The molecule has 4 aliphatic rings. The third kappa shape index (κ3) is 6.87. The predicted molar refractivity (Wildman–Crippen MR) is 204 cm³/mol. The number of epoxide rings is 1. The molecule has 55 heavy (non-hydrogen) atoms. The van der Waals surface area contributed by atoms with Crippen LogP contribution in [0.25, 0.3) is 0 Å². The Morgan fingerprint density at radius 3 is 2.07 bits per heavy atom. The fraction of sp³-hybridized carbons (Fsp3) is 0.636. The highest BCUT2D eigenvalue weighted by atomic mass is 16.6. The van der Waals surface area contributed by atoms with Gasteiger partial charge < -0.3 is 44.8 Å². The van der Waals surface area contributed by atoms with Gasteiger partial charge in [-0.2, -0.15) is 0 Å². The number of aliphatic hydroxyl groups excluding tert-OH is 3. The normalized spacial score (nSPS) is 39.5. The molecule has 3 aliphatic carbocycles. The van der Waals surface area contributed by atoms with E-state index in [1.807, 2.05) is 13.8 Å². The van der Waals surface area contributed by atoms with E-state index in [1.54, 1.807) is 67.6 Å². The molecule has 2 aromatic carbocycles. The molecule has 1 heterocycles. The fourth-order valence-electron chi connectivity index (χ4n) is 10.9. The molecule has 6 N–H and O–H groups in total. The number of rotatable bonds is 15. The van der Waals surface area contributed by atoms with Gasteiger partial charge in [0.2, 0.25) is 0 Å². The lowest BCUT2D eigenvalue weighted by Gasteiger charge is -2.59. The summed E-state index contributed by atoms with van der Waals surface area (Å²) < 4.78 is 18.2. The van der Waals surface area contributed by atoms with Crippen molar-refractivity contribution in [3.8, 4) is 0 Å². The van der Waals surface area contributed by atoms with Gasteiger partial charge in [-0.05, 0) is 60.9 Å². The Morgan fingerprint density at radius 1 is 0.909 bits per heavy atom. The molecule has 0 aromatic heterocycles. The lowest BCUT2D eigenvalue weighted by molar-refractivity contribution is -0.280. The average Bonchev–Trinajstić information content (AvgIpc) is 3.87. The molecule has 2 aromatic rings. The van der Waals surface area contributed by atoms with Crippen LogP contribution in [0.15, 0.2) is 72.8 Å². The molecule has 11 heteroatoms. The summed E-state index contributed by atoms with van der Waals surface area (Å²) in [5.41, 5.74) is -7.87. The van der Waals surface area contributed by atoms with Gasteiger partial charge in [0.25, 0.3) is 0 Å². The predicted octanol–water partition coefficient (Wildman–Crippen LogP) is 4.61. The molecule has 1 aliphatic heterocycles. The zero-order chi connectivity index (χ0) is 39.9. The van der Waals surface area contributed by atoms with Crippen molar-refractivity contribution in [1.82, 2.24) is 0 Å². The van der Waals surface area contributed by atoms with Crippen LogP contribution in [0.4, 0.5) is 0 Å². The molecule has 0 radical (unpaired) electrons. The molecule has 0 spiro atoms. The van der Waals surface area contributed by atoms with E-state index in [0.717, 1.165) is 38.5 Å². The molecule has 1 saturated heterocycles. The summed E-state index contributed by atoms with van der Waals surface area (Å²) in [6.45, 7) is 10.3. The summed E-state index contributed by atoms with van der Waals surface area (Å²) in [4.78, 5) is 27.2. The Labute approximate surface area is 324 Å². The van der Waals surface area contributed by atoms with Gasteiger partial charge in [-0.1, -0.05) is 109 Å². The Morgan fingerprint density at radius 2 is 1.49 bits per heavy atom. The highest BCUT2D eigenvalue weighted by Gasteiger charge is 2.86. The van der Waals surface area contributed by atoms with Crippen LogP contribution in [0.5, 0.6) is 0 Å². The number of carbonyl (C=O) groups is 2. The van der Waals surface area contributed by atoms with Crippen molar-refractivity contribution in [2.45, 2.75) is 126 Å². The van der Waals surface area contributed by atoms with E-state index in [2.05, 4.69) is 13.5 Å². The van der Waals surface area contributed by atoms with Crippen LogP contribution >= 0.6 is 0 Å². The second-order valence-electron chi connectivity index (χ2n) is 17.0. The fourth-order valence-corrected chi connectivity index (χ4v) is 10.9. The number of carbonyl (C=O) groups excluding carboxylic acids is 2. The van der Waals surface area contributed by atoms with Crippen LogP contribution in [-0.2, 0) is 14.2 Å². The lowest BCUT2D eigenvalue weighted by Crippen LogP contribution is -2.72. The SMILES string of the molecule is C=C(C)C1(O)C[C@@H](COC(=O)c2ccccc2)C2(O)C(C1O)C1O[C@]1(CO)C(O)C1(O)C(OC(=O)c3ccccc3)[C@@H](C)C(C(C)CCCCCCCC)C12. The molecule has 0 bridgehead atoms. The number of ether oxygens (including phenoxy) is 3. The molecular weight excluding hydrogens is 704 g/mol. The first-order valence-corrected chi connectivity index (χ1v) is 20.1. The topological polar surface area (TPSA) is 187 Å². The summed E-state index contributed by atoms with van der Waals surface area (Å²) in [6.07, 6.45) is 0.373. The van der Waals surface area contributed by atoms with E-state index >= 15 is 0 Å². The maximum Gasteiger partial charge on any atom is 0.338 e. The molecule has 14 atom stereocenters. The number of hydrogen-bond donors (Lipinski definition) is 6. The minimum atomic E-state index is -2.44. The van der Waals surface area contributed by atoms with Gasteiger partial charge in [-0.15, -0.1) is 0 Å². The number of aliphatic hydroxyl groups is 6. The number of esters is 2. The Balaban J connectivity index is 1.49. The van der Waals surface area contributed by atoms with E-state index < -0.39 is 102 Å². The zero-order valence-electron chi connectivity index (χ0n) is 32.5. The molecule has 6 rings (SSSR count). The van der Waals surface area contributed by atoms with Crippen LogP contribution in [0, 0.1) is 35.5 Å². The van der Waals surface area contributed by atoms with Crippen molar-refractivity contribution >= 4 is 11.9 Å². The minimum Gasteiger partial charge on any atom is -0.462 e. The largest absolute Gasteiger partial charge is 0.462 e. The lowest BCUT2D eigenvalue weighted by atomic mass is 9.51. The van der Waals surface area contributed by atoms with E-state index in [4.69, 9.17) is 14.2 Å². The van der Waals surface area contributed by atoms with E-state index in [1.165, 1.54) is 0 Å². The highest BCUT2D eigenvalue weighted by molar-refractivity contribution is 5.90. The number of benzene rings is 2. The highest BCUT2D eigenvalue weighted by Crippen LogP contribution is 2.69. The van der Waals surface area contributed by atoms with E-state index in [-0.39, 0.29) is 29.0 Å². The van der Waals surface area contributed by atoms with Crippen LogP contribution in [0.1, 0.15) is 99.8 Å². The van der Waals surface area contributed by atoms with Gasteiger partial charge in [-0.25, -0.2) is 9.59 Å². The first-order chi connectivity index (χ1) is 26.1. The summed E-state index contributed by atoms with van der Waals surface area (Å²) >= 11 is 0. The number of unbranched alkanes of at least 4 members (excludes halogenated alkanes) is 5. The summed E-state index contributed by atoms with van der Waals surface area (Å²) in [5.74, 6) is -6.79. The van der Waals surface area contributed by atoms with Crippen LogP contribution in [-0.4, -0.2) is 103 Å². The summed E-state index contributed by atoms with van der Waals surface area (Å²) in [6, 6.07) is 16.6. The molecule has 3 saturated carbocycles. The Kier molecular flexibility index (Phi) is 12.1. The van der Waals surface area contributed by atoms with Gasteiger partial charge in [0, 0.05) is 17.8 Å². The Hall–Kier alpha value is -3.16. The average molecular weight is 765 g/mol. The zero-order valence-corrected chi connectivity index (χ0v) is 32.5. The van der Waals surface area contributed by atoms with Gasteiger partial charge in [0.1, 0.15) is 35.1 Å². The van der Waals surface area contributed by atoms with E-state index in [9.17, 15) is 40.2 Å². The summed E-state index contributed by atoms with van der Waals surface area (Å²) in [7, 11) is 0. The standard InChI is InChI=1S/C44H60O11/c1-6-7-8-9-10-13-18-27(4)32-28(5)36(54-39(48)30-21-16-12-17-22-30)44(52)34(32)43(51)31(24-53-38(47)29-19-14-11-15-20-29)23-41(50,26(2)3)35(46)33(43)37-42(25-45,55-37)40(44)49/h11-12,14-17,19-22,27-28,31-37,40,45-46,49-52H,2,6-10,13,18,23-25H2,1,3-5H3/t27?,28-,31-,32?,33?,34?,35?,36?,37?,40?,41?,42-,43?,44?/m0/s1. The molecule has 11 unspecified atom stereocenters. The second kappa shape index (κ2) is 16.0. The molecule has 11 nitrogen and oxygen atoms in total. The van der Waals surface area contributed by atoms with Gasteiger partial charge in [0.15, 0.2) is 0 Å². The summed E-state index contributed by atoms with van der Waals surface area (Å²) in [5, 5.41) is 75.1. The first-order valence-electron chi connectivity index (χ1n) is 20.1. The minimum absolute atomic E-state index is 0.194. The number of fused-ring (bicyclic) bond motifs is 5. The van der Waals surface area contributed by atoms with Crippen molar-refractivity contribution in [3.63, 3.8) is 0 Å². The van der Waals surface area contributed by atoms with Crippen molar-refractivity contribution in [2.24, 2.45) is 35.5 Å². The molecule has 302 valence electrons. The third-order valence-corrected chi connectivity index (χ3v) is 13.8. The molecular formula is C44H60O11. The van der Waals surface area contributed by atoms with E-state index in [0.29, 0.717) is 6.42 Å². The van der Waals surface area contributed by atoms with Gasteiger partial charge in [0.05, 0.1) is 36.0 Å². The quantitative estimate of drug-likeness (QED) is 0.0644. The van der Waals surface area contributed by atoms with Gasteiger partial charge in [-0.3, -0.25) is 0 Å². The van der Waals surface area contributed by atoms with Crippen LogP contribution in [0.3, 0.4) is 0 Å².